The molecule has 1 aliphatic rings. The van der Waals surface area contributed by atoms with Crippen molar-refractivity contribution in [2.75, 3.05) is 26.3 Å². The summed E-state index contributed by atoms with van der Waals surface area (Å²) in [6, 6.07) is 3.64. The van der Waals surface area contributed by atoms with E-state index in [1.54, 1.807) is 18.5 Å². The molecule has 0 bridgehead atoms. The summed E-state index contributed by atoms with van der Waals surface area (Å²) in [4.78, 5) is 29.3. The molecule has 9 heteroatoms. The van der Waals surface area contributed by atoms with Gasteiger partial charge in [-0.3, -0.25) is 14.6 Å². The molecule has 0 aliphatic carbocycles. The van der Waals surface area contributed by atoms with Gasteiger partial charge in [0.1, 0.15) is 13.2 Å². The minimum Gasteiger partial charge on any atom is -0.362 e. The van der Waals surface area contributed by atoms with Crippen molar-refractivity contribution in [3.8, 4) is 0 Å². The minimum absolute atomic E-state index is 0.0933. The van der Waals surface area contributed by atoms with Crippen molar-refractivity contribution in [3.63, 3.8) is 0 Å². The van der Waals surface area contributed by atoms with Crippen molar-refractivity contribution in [1.29, 1.82) is 0 Å². The highest BCUT2D eigenvalue weighted by molar-refractivity contribution is 5.80. The van der Waals surface area contributed by atoms with Gasteiger partial charge in [0, 0.05) is 37.9 Å². The molecule has 0 aromatic carbocycles. The number of pyridine rings is 1. The van der Waals surface area contributed by atoms with Crippen LogP contribution in [0.15, 0.2) is 24.5 Å². The number of piperidine rings is 1. The van der Waals surface area contributed by atoms with Crippen LogP contribution >= 0.6 is 0 Å². The van der Waals surface area contributed by atoms with E-state index < -0.39 is 25.3 Å². The van der Waals surface area contributed by atoms with Gasteiger partial charge >= 0.3 is 6.18 Å². The number of amides is 2. The third-order valence-corrected chi connectivity index (χ3v) is 3.90. The van der Waals surface area contributed by atoms with E-state index in [1.165, 1.54) is 4.90 Å². The molecule has 0 atom stereocenters. The van der Waals surface area contributed by atoms with Gasteiger partial charge in [-0.2, -0.15) is 13.2 Å². The normalized spacial score (nSPS) is 15.9. The smallest absolute Gasteiger partial charge is 0.362 e. The maximum absolute atomic E-state index is 12.1. The molecule has 1 aromatic rings. The predicted molar refractivity (Wildman–Crippen MR) is 82.3 cm³/mol. The number of carbonyl (C=O) groups is 2. The lowest BCUT2D eigenvalue weighted by atomic mass is 9.96. The highest BCUT2D eigenvalue weighted by Crippen LogP contribution is 2.18. The second-order valence-electron chi connectivity index (χ2n) is 5.84. The van der Waals surface area contributed by atoms with Crippen molar-refractivity contribution >= 4 is 11.8 Å². The summed E-state index contributed by atoms with van der Waals surface area (Å²) in [5, 5.41) is 2.83. The van der Waals surface area contributed by atoms with Gasteiger partial charge in [-0.05, 0) is 24.5 Å². The van der Waals surface area contributed by atoms with Gasteiger partial charge in [-0.25, -0.2) is 0 Å². The Morgan fingerprint density at radius 1 is 1.32 bits per heavy atom. The Morgan fingerprint density at radius 2 is 2.04 bits per heavy atom. The first-order chi connectivity index (χ1) is 11.8. The summed E-state index contributed by atoms with van der Waals surface area (Å²) in [6.07, 6.45) is -0.174. The molecule has 1 saturated heterocycles. The Morgan fingerprint density at radius 3 is 2.64 bits per heavy atom. The molecule has 1 aliphatic heterocycles. The second-order valence-corrected chi connectivity index (χ2v) is 5.84. The molecule has 1 N–H and O–H groups in total. The predicted octanol–water partition coefficient (Wildman–Crippen LogP) is 1.52. The number of aromatic nitrogens is 1. The van der Waals surface area contributed by atoms with Gasteiger partial charge in [-0.15, -0.1) is 0 Å². The fourth-order valence-corrected chi connectivity index (χ4v) is 2.57. The Kier molecular flexibility index (Phi) is 6.74. The number of rotatable bonds is 6. The Hall–Kier alpha value is -2.16. The number of halogens is 3. The van der Waals surface area contributed by atoms with Crippen LogP contribution in [0.1, 0.15) is 18.4 Å². The van der Waals surface area contributed by atoms with Gasteiger partial charge in [0.25, 0.3) is 0 Å². The molecule has 0 unspecified atom stereocenters. The van der Waals surface area contributed by atoms with Gasteiger partial charge in [0.2, 0.25) is 11.8 Å². The van der Waals surface area contributed by atoms with E-state index in [1.807, 2.05) is 6.07 Å². The number of hydrogen-bond donors (Lipinski definition) is 1. The molecule has 2 heterocycles. The first kappa shape index (κ1) is 19.2. The first-order valence-electron chi connectivity index (χ1n) is 7.94. The molecule has 25 heavy (non-hydrogen) atoms. The summed E-state index contributed by atoms with van der Waals surface area (Å²) < 4.78 is 40.3. The maximum atomic E-state index is 12.1. The van der Waals surface area contributed by atoms with Crippen LogP contribution in [0.4, 0.5) is 13.2 Å². The third kappa shape index (κ3) is 6.69. The van der Waals surface area contributed by atoms with Gasteiger partial charge in [0.05, 0.1) is 0 Å². The summed E-state index contributed by atoms with van der Waals surface area (Å²) in [6.45, 7) is -0.987. The standard InChI is InChI=1S/C16H20F3N3O3/c17-16(18,19)11-25-10-14(23)22-6-3-13(4-7-22)15(24)21-9-12-2-1-5-20-8-12/h1-2,5,8,13H,3-4,6-7,9-11H2,(H,21,24). The third-order valence-electron chi connectivity index (χ3n) is 3.90. The van der Waals surface area contributed by atoms with Gasteiger partial charge < -0.3 is 15.0 Å². The minimum atomic E-state index is -4.44. The molecule has 1 aromatic heterocycles. The zero-order chi connectivity index (χ0) is 18.3. The lowest BCUT2D eigenvalue weighted by Gasteiger charge is -2.31. The Labute approximate surface area is 143 Å². The van der Waals surface area contributed by atoms with Crippen LogP contribution in [0, 0.1) is 5.92 Å². The monoisotopic (exact) mass is 359 g/mol. The van der Waals surface area contributed by atoms with Crippen molar-refractivity contribution in [2.45, 2.75) is 25.6 Å². The average Bonchev–Trinajstić information content (AvgIpc) is 2.59. The first-order valence-corrected chi connectivity index (χ1v) is 7.94. The fraction of sp³-hybridized carbons (Fsp3) is 0.562. The van der Waals surface area contributed by atoms with Crippen LogP contribution in [-0.4, -0.2) is 54.2 Å². The molecular weight excluding hydrogens is 339 g/mol. The van der Waals surface area contributed by atoms with Gasteiger partial charge in [-0.1, -0.05) is 6.07 Å². The largest absolute Gasteiger partial charge is 0.411 e. The van der Waals surface area contributed by atoms with Gasteiger partial charge in [0.15, 0.2) is 0 Å². The van der Waals surface area contributed by atoms with Crippen LogP contribution in [0.2, 0.25) is 0 Å². The number of carbonyl (C=O) groups excluding carboxylic acids is 2. The van der Waals surface area contributed by atoms with E-state index in [0.717, 1.165) is 5.56 Å². The van der Waals surface area contributed by atoms with E-state index in [-0.39, 0.29) is 11.8 Å². The zero-order valence-electron chi connectivity index (χ0n) is 13.6. The number of hydrogen-bond acceptors (Lipinski definition) is 4. The van der Waals surface area contributed by atoms with Crippen molar-refractivity contribution in [3.05, 3.63) is 30.1 Å². The molecule has 0 radical (unpaired) electrons. The van der Waals surface area contributed by atoms with Crippen LogP contribution < -0.4 is 5.32 Å². The lowest BCUT2D eigenvalue weighted by Crippen LogP contribution is -2.44. The molecule has 138 valence electrons. The average molecular weight is 359 g/mol. The SMILES string of the molecule is O=C(NCc1cccnc1)C1CCN(C(=O)COCC(F)(F)F)CC1. The molecular formula is C16H20F3N3O3. The molecule has 0 saturated carbocycles. The maximum Gasteiger partial charge on any atom is 0.411 e. The molecule has 2 rings (SSSR count). The van der Waals surface area contributed by atoms with Crippen molar-refractivity contribution in [1.82, 2.24) is 15.2 Å². The van der Waals surface area contributed by atoms with E-state index >= 15 is 0 Å². The highest BCUT2D eigenvalue weighted by atomic mass is 19.4. The summed E-state index contributed by atoms with van der Waals surface area (Å²) in [5.41, 5.74) is 0.894. The van der Waals surface area contributed by atoms with Crippen molar-refractivity contribution < 1.29 is 27.5 Å². The summed E-state index contributed by atoms with van der Waals surface area (Å²) in [7, 11) is 0. The highest BCUT2D eigenvalue weighted by Gasteiger charge is 2.30. The molecule has 2 amide bonds. The van der Waals surface area contributed by atoms with Crippen LogP contribution in [0.5, 0.6) is 0 Å². The number of nitrogens with one attached hydrogen (secondary N) is 1. The number of alkyl halides is 3. The fourth-order valence-electron chi connectivity index (χ4n) is 2.57. The number of ether oxygens (including phenoxy) is 1. The van der Waals surface area contributed by atoms with Crippen LogP contribution in [0.3, 0.4) is 0 Å². The quantitative estimate of drug-likeness (QED) is 0.836. The topological polar surface area (TPSA) is 71.5 Å². The molecule has 6 nitrogen and oxygen atoms in total. The molecule has 0 spiro atoms. The zero-order valence-corrected chi connectivity index (χ0v) is 13.6. The van der Waals surface area contributed by atoms with E-state index in [2.05, 4.69) is 15.0 Å². The Balaban J connectivity index is 1.68. The van der Waals surface area contributed by atoms with E-state index in [0.29, 0.717) is 32.5 Å². The van der Waals surface area contributed by atoms with E-state index in [4.69, 9.17) is 0 Å². The number of nitrogens with zero attached hydrogens (tertiary/aromatic N) is 2. The van der Waals surface area contributed by atoms with Crippen LogP contribution in [-0.2, 0) is 20.9 Å². The molecule has 1 fully saturated rings. The lowest BCUT2D eigenvalue weighted by molar-refractivity contribution is -0.178. The van der Waals surface area contributed by atoms with Crippen molar-refractivity contribution in [2.24, 2.45) is 5.92 Å². The summed E-state index contributed by atoms with van der Waals surface area (Å²) in [5.74, 6) is -0.792. The van der Waals surface area contributed by atoms with Crippen LogP contribution in [0.25, 0.3) is 0 Å². The number of likely N-dealkylation sites (tertiary alicyclic amines) is 1. The second kappa shape index (κ2) is 8.80. The Bertz CT molecular complexity index is 573. The van der Waals surface area contributed by atoms with E-state index in [9.17, 15) is 22.8 Å². The summed E-state index contributed by atoms with van der Waals surface area (Å²) >= 11 is 0.